The lowest BCUT2D eigenvalue weighted by Crippen LogP contribution is -2.30. The summed E-state index contributed by atoms with van der Waals surface area (Å²) in [6, 6.07) is 14.8. The van der Waals surface area contributed by atoms with E-state index in [0.29, 0.717) is 17.7 Å². The van der Waals surface area contributed by atoms with Gasteiger partial charge in [0.2, 0.25) is 0 Å². The summed E-state index contributed by atoms with van der Waals surface area (Å²) in [6.07, 6.45) is 1.05. The van der Waals surface area contributed by atoms with E-state index in [0.717, 1.165) is 28.8 Å². The zero-order chi connectivity index (χ0) is 16.8. The first kappa shape index (κ1) is 18.3. The number of rotatable bonds is 7. The van der Waals surface area contributed by atoms with Crippen LogP contribution in [-0.4, -0.2) is 24.5 Å². The highest BCUT2D eigenvalue weighted by atomic mass is 79.9. The standard InChI is InChI=1S/C19H23BrClNO/c1-4-22(3)14(2)11-15-5-8-17(9-6-15)23-13-16-7-10-18(20)19(21)12-16/h5-10,12,14H,4,11,13H2,1-3H3/t14-/m1/s1. The van der Waals surface area contributed by atoms with Crippen molar-refractivity contribution in [2.45, 2.75) is 32.9 Å². The minimum atomic E-state index is 0.515. The summed E-state index contributed by atoms with van der Waals surface area (Å²) in [6.45, 7) is 6.02. The zero-order valence-corrected chi connectivity index (χ0v) is 16.2. The average Bonchev–Trinajstić information content (AvgIpc) is 2.56. The van der Waals surface area contributed by atoms with Crippen molar-refractivity contribution in [3.05, 3.63) is 63.1 Å². The molecule has 4 heteroatoms. The minimum absolute atomic E-state index is 0.515. The third-order valence-corrected chi connectivity index (χ3v) is 5.33. The number of hydrogen-bond donors (Lipinski definition) is 0. The van der Waals surface area contributed by atoms with E-state index < -0.39 is 0 Å². The summed E-state index contributed by atoms with van der Waals surface area (Å²) in [5, 5.41) is 0.704. The first-order valence-corrected chi connectivity index (χ1v) is 9.02. The molecule has 0 aliphatic rings. The van der Waals surface area contributed by atoms with Gasteiger partial charge in [-0.1, -0.05) is 36.7 Å². The fourth-order valence-electron chi connectivity index (χ4n) is 2.33. The number of nitrogens with zero attached hydrogens (tertiary/aromatic N) is 1. The summed E-state index contributed by atoms with van der Waals surface area (Å²) >= 11 is 9.49. The predicted molar refractivity (Wildman–Crippen MR) is 101 cm³/mol. The van der Waals surface area contributed by atoms with Gasteiger partial charge in [0, 0.05) is 10.5 Å². The molecule has 0 saturated carbocycles. The molecule has 0 heterocycles. The number of likely N-dealkylation sites (N-methyl/N-ethyl adjacent to an activating group) is 1. The van der Waals surface area contributed by atoms with Crippen LogP contribution >= 0.6 is 27.5 Å². The lowest BCUT2D eigenvalue weighted by Gasteiger charge is -2.23. The van der Waals surface area contributed by atoms with Crippen LogP contribution in [0.25, 0.3) is 0 Å². The summed E-state index contributed by atoms with van der Waals surface area (Å²) in [7, 11) is 2.16. The molecule has 2 aromatic carbocycles. The van der Waals surface area contributed by atoms with Crippen LogP contribution in [-0.2, 0) is 13.0 Å². The van der Waals surface area contributed by atoms with E-state index in [9.17, 15) is 0 Å². The van der Waals surface area contributed by atoms with Gasteiger partial charge in [-0.05, 0) is 78.3 Å². The van der Waals surface area contributed by atoms with Crippen LogP contribution in [0.3, 0.4) is 0 Å². The molecule has 0 unspecified atom stereocenters. The van der Waals surface area contributed by atoms with Gasteiger partial charge in [-0.3, -0.25) is 0 Å². The van der Waals surface area contributed by atoms with Crippen molar-refractivity contribution in [2.24, 2.45) is 0 Å². The molecule has 0 N–H and O–H groups in total. The highest BCUT2D eigenvalue weighted by Gasteiger charge is 2.08. The van der Waals surface area contributed by atoms with Crippen LogP contribution < -0.4 is 4.74 Å². The van der Waals surface area contributed by atoms with Crippen molar-refractivity contribution in [2.75, 3.05) is 13.6 Å². The Morgan fingerprint density at radius 2 is 1.78 bits per heavy atom. The third-order valence-electron chi connectivity index (χ3n) is 4.10. The summed E-state index contributed by atoms with van der Waals surface area (Å²) < 4.78 is 6.73. The third kappa shape index (κ3) is 5.52. The van der Waals surface area contributed by atoms with Gasteiger partial charge in [0.1, 0.15) is 12.4 Å². The smallest absolute Gasteiger partial charge is 0.119 e. The second-order valence-electron chi connectivity index (χ2n) is 5.81. The molecule has 0 saturated heterocycles. The lowest BCUT2D eigenvalue weighted by molar-refractivity contribution is 0.269. The molecule has 124 valence electrons. The van der Waals surface area contributed by atoms with Crippen LogP contribution in [0.4, 0.5) is 0 Å². The Balaban J connectivity index is 1.90. The Bertz CT molecular complexity index is 630. The molecule has 2 aromatic rings. The van der Waals surface area contributed by atoms with Crippen LogP contribution in [0.2, 0.25) is 5.02 Å². The maximum atomic E-state index is 6.10. The molecular weight excluding hydrogens is 374 g/mol. The number of halogens is 2. The molecule has 0 aliphatic heterocycles. The van der Waals surface area contributed by atoms with Crippen molar-refractivity contribution in [3.63, 3.8) is 0 Å². The van der Waals surface area contributed by atoms with Crippen LogP contribution in [0, 0.1) is 0 Å². The summed E-state index contributed by atoms with van der Waals surface area (Å²) in [5.41, 5.74) is 2.39. The first-order valence-electron chi connectivity index (χ1n) is 7.85. The molecule has 2 nitrogen and oxygen atoms in total. The number of benzene rings is 2. The number of hydrogen-bond acceptors (Lipinski definition) is 2. The van der Waals surface area contributed by atoms with Crippen LogP contribution in [0.5, 0.6) is 5.75 Å². The molecule has 0 radical (unpaired) electrons. The Morgan fingerprint density at radius 3 is 2.39 bits per heavy atom. The number of ether oxygens (including phenoxy) is 1. The molecule has 23 heavy (non-hydrogen) atoms. The van der Waals surface area contributed by atoms with Crippen molar-refractivity contribution >= 4 is 27.5 Å². The van der Waals surface area contributed by atoms with Crippen LogP contribution in [0.15, 0.2) is 46.9 Å². The SMILES string of the molecule is CCN(C)[C@H](C)Cc1ccc(OCc2ccc(Br)c(Cl)c2)cc1. The second kappa shape index (κ2) is 8.72. The molecule has 0 fully saturated rings. The first-order chi connectivity index (χ1) is 11.0. The molecule has 1 atom stereocenters. The normalized spacial score (nSPS) is 12.4. The van der Waals surface area contributed by atoms with Gasteiger partial charge in [0.25, 0.3) is 0 Å². The summed E-state index contributed by atoms with van der Waals surface area (Å²) in [4.78, 5) is 2.35. The topological polar surface area (TPSA) is 12.5 Å². The molecule has 0 aromatic heterocycles. The molecule has 0 amide bonds. The largest absolute Gasteiger partial charge is 0.489 e. The molecular formula is C19H23BrClNO. The Kier molecular flexibility index (Phi) is 6.94. The van der Waals surface area contributed by atoms with E-state index in [1.54, 1.807) is 0 Å². The van der Waals surface area contributed by atoms with E-state index in [2.05, 4.69) is 53.9 Å². The van der Waals surface area contributed by atoms with Gasteiger partial charge < -0.3 is 9.64 Å². The Morgan fingerprint density at radius 1 is 1.13 bits per heavy atom. The minimum Gasteiger partial charge on any atom is -0.489 e. The fourth-order valence-corrected chi connectivity index (χ4v) is 2.78. The average molecular weight is 397 g/mol. The van der Waals surface area contributed by atoms with Gasteiger partial charge in [0.15, 0.2) is 0 Å². The van der Waals surface area contributed by atoms with E-state index in [4.69, 9.17) is 16.3 Å². The van der Waals surface area contributed by atoms with Crippen molar-refractivity contribution in [1.82, 2.24) is 4.90 Å². The second-order valence-corrected chi connectivity index (χ2v) is 7.07. The van der Waals surface area contributed by atoms with E-state index in [1.165, 1.54) is 5.56 Å². The van der Waals surface area contributed by atoms with E-state index in [-0.39, 0.29) is 0 Å². The maximum Gasteiger partial charge on any atom is 0.119 e. The van der Waals surface area contributed by atoms with E-state index >= 15 is 0 Å². The molecule has 0 aliphatic carbocycles. The monoisotopic (exact) mass is 395 g/mol. The molecule has 0 spiro atoms. The van der Waals surface area contributed by atoms with Crippen molar-refractivity contribution in [3.8, 4) is 5.75 Å². The van der Waals surface area contributed by atoms with Crippen molar-refractivity contribution in [1.29, 1.82) is 0 Å². The Labute approximate surface area is 152 Å². The maximum absolute atomic E-state index is 6.10. The van der Waals surface area contributed by atoms with Gasteiger partial charge in [-0.2, -0.15) is 0 Å². The van der Waals surface area contributed by atoms with Gasteiger partial charge in [0.05, 0.1) is 5.02 Å². The van der Waals surface area contributed by atoms with Crippen molar-refractivity contribution < 1.29 is 4.74 Å². The van der Waals surface area contributed by atoms with Gasteiger partial charge >= 0.3 is 0 Å². The lowest BCUT2D eigenvalue weighted by atomic mass is 10.1. The summed E-state index contributed by atoms with van der Waals surface area (Å²) in [5.74, 6) is 0.879. The quantitative estimate of drug-likeness (QED) is 0.607. The Hall–Kier alpha value is -1.03. The molecule has 2 rings (SSSR count). The highest BCUT2D eigenvalue weighted by Crippen LogP contribution is 2.24. The van der Waals surface area contributed by atoms with Crippen LogP contribution in [0.1, 0.15) is 25.0 Å². The van der Waals surface area contributed by atoms with E-state index in [1.807, 2.05) is 30.3 Å². The highest BCUT2D eigenvalue weighted by molar-refractivity contribution is 9.10. The predicted octanol–water partition coefficient (Wildman–Crippen LogP) is 5.56. The zero-order valence-electron chi connectivity index (χ0n) is 13.9. The van der Waals surface area contributed by atoms with Gasteiger partial charge in [-0.15, -0.1) is 0 Å². The molecule has 0 bridgehead atoms. The van der Waals surface area contributed by atoms with Gasteiger partial charge in [-0.25, -0.2) is 0 Å². The fraction of sp³-hybridized carbons (Fsp3) is 0.368.